The molecule has 2 aromatic carbocycles. The van der Waals surface area contributed by atoms with Crippen LogP contribution in [0, 0.1) is 6.92 Å². The second kappa shape index (κ2) is 8.59. The molecule has 0 spiro atoms. The summed E-state index contributed by atoms with van der Waals surface area (Å²) < 4.78 is 0. The van der Waals surface area contributed by atoms with E-state index in [1.54, 1.807) is 6.07 Å². The number of nitrogens with zero attached hydrogens (tertiary/aromatic N) is 1. The first-order valence-corrected chi connectivity index (χ1v) is 7.74. The van der Waals surface area contributed by atoms with Crippen LogP contribution in [0.5, 0.6) is 0 Å². The monoisotopic (exact) mass is 332 g/mol. The third-order valence-electron chi connectivity index (χ3n) is 4.07. The molecule has 0 heterocycles. The molecule has 0 aliphatic heterocycles. The normalized spacial score (nSPS) is 11.4. The maximum absolute atomic E-state index is 13.0. The van der Waals surface area contributed by atoms with Crippen LogP contribution < -0.4 is 5.73 Å². The number of benzene rings is 2. The molecular formula is C19H25ClN2O. The van der Waals surface area contributed by atoms with Gasteiger partial charge in [0.2, 0.25) is 0 Å². The van der Waals surface area contributed by atoms with Crippen molar-refractivity contribution >= 4 is 24.0 Å². The van der Waals surface area contributed by atoms with E-state index in [2.05, 4.69) is 26.0 Å². The molecule has 1 unspecified atom stereocenters. The fourth-order valence-corrected chi connectivity index (χ4v) is 2.45. The number of hydrogen-bond donors (Lipinski definition) is 1. The molecular weight excluding hydrogens is 308 g/mol. The molecule has 4 heteroatoms. The average molecular weight is 333 g/mol. The summed E-state index contributed by atoms with van der Waals surface area (Å²) in [6.07, 6.45) is 0.917. The van der Waals surface area contributed by atoms with Crippen LogP contribution in [0.3, 0.4) is 0 Å². The number of nitrogen functional groups attached to an aromatic ring is 1. The smallest absolute Gasteiger partial charge is 0.254 e. The Morgan fingerprint density at radius 3 is 2.43 bits per heavy atom. The minimum atomic E-state index is 0. The lowest BCUT2D eigenvalue weighted by Gasteiger charge is -2.29. The van der Waals surface area contributed by atoms with Crippen LogP contribution in [0.15, 0.2) is 48.5 Å². The van der Waals surface area contributed by atoms with E-state index in [1.807, 2.05) is 42.2 Å². The maximum atomic E-state index is 13.0. The van der Waals surface area contributed by atoms with Crippen LogP contribution in [-0.2, 0) is 6.54 Å². The minimum absolute atomic E-state index is 0. The third kappa shape index (κ3) is 4.73. The third-order valence-corrected chi connectivity index (χ3v) is 4.07. The van der Waals surface area contributed by atoms with Gasteiger partial charge in [0.05, 0.1) is 0 Å². The highest BCUT2D eigenvalue weighted by atomic mass is 35.5. The molecule has 1 atom stereocenters. The molecule has 1 amide bonds. The quantitative estimate of drug-likeness (QED) is 0.823. The number of aryl methyl sites for hydroxylation is 1. The van der Waals surface area contributed by atoms with Gasteiger partial charge in [-0.25, -0.2) is 0 Å². The number of nitrogens with two attached hydrogens (primary N) is 1. The Kier molecular flexibility index (Phi) is 7.11. The van der Waals surface area contributed by atoms with Gasteiger partial charge in [-0.3, -0.25) is 4.79 Å². The Balaban J connectivity index is 0.00000264. The fourth-order valence-electron chi connectivity index (χ4n) is 2.45. The lowest BCUT2D eigenvalue weighted by molar-refractivity contribution is 0.0671. The van der Waals surface area contributed by atoms with Gasteiger partial charge < -0.3 is 10.6 Å². The maximum Gasteiger partial charge on any atom is 0.254 e. The average Bonchev–Trinajstić information content (AvgIpc) is 2.54. The second-order valence-electron chi connectivity index (χ2n) is 5.75. The standard InChI is InChI=1S/C19H24N2O.ClH/c1-4-15(3)21(13-16-8-6-5-7-9-16)19(22)18-12-17(20)11-10-14(18)2;/h5-12,15H,4,13,20H2,1-3H3;1H. The Hall–Kier alpha value is -2.00. The van der Waals surface area contributed by atoms with E-state index >= 15 is 0 Å². The first-order valence-electron chi connectivity index (χ1n) is 7.74. The van der Waals surface area contributed by atoms with Gasteiger partial charge in [0.1, 0.15) is 0 Å². The molecule has 0 aromatic heterocycles. The molecule has 0 saturated heterocycles. The Bertz CT molecular complexity index is 643. The van der Waals surface area contributed by atoms with E-state index in [9.17, 15) is 4.79 Å². The number of anilines is 1. The highest BCUT2D eigenvalue weighted by molar-refractivity contribution is 5.96. The number of halogens is 1. The van der Waals surface area contributed by atoms with Gasteiger partial charge in [-0.2, -0.15) is 0 Å². The van der Waals surface area contributed by atoms with Gasteiger partial charge in [-0.1, -0.05) is 43.3 Å². The van der Waals surface area contributed by atoms with Crippen molar-refractivity contribution in [3.8, 4) is 0 Å². The topological polar surface area (TPSA) is 46.3 Å². The highest BCUT2D eigenvalue weighted by Gasteiger charge is 2.22. The predicted molar refractivity (Wildman–Crippen MR) is 98.9 cm³/mol. The molecule has 0 fully saturated rings. The molecule has 0 bridgehead atoms. The molecule has 124 valence electrons. The van der Waals surface area contributed by atoms with Gasteiger partial charge in [0.15, 0.2) is 0 Å². The molecule has 0 saturated carbocycles. The van der Waals surface area contributed by atoms with Crippen molar-refractivity contribution in [1.29, 1.82) is 0 Å². The summed E-state index contributed by atoms with van der Waals surface area (Å²) in [5, 5.41) is 0. The lowest BCUT2D eigenvalue weighted by Crippen LogP contribution is -2.38. The van der Waals surface area contributed by atoms with E-state index in [1.165, 1.54) is 0 Å². The van der Waals surface area contributed by atoms with Crippen molar-refractivity contribution in [3.05, 3.63) is 65.2 Å². The largest absolute Gasteiger partial charge is 0.399 e. The van der Waals surface area contributed by atoms with E-state index in [-0.39, 0.29) is 24.4 Å². The van der Waals surface area contributed by atoms with E-state index in [4.69, 9.17) is 5.73 Å². The molecule has 2 N–H and O–H groups in total. The number of carbonyl (C=O) groups excluding carboxylic acids is 1. The summed E-state index contributed by atoms with van der Waals surface area (Å²) in [5.74, 6) is 0.0444. The molecule has 3 nitrogen and oxygen atoms in total. The summed E-state index contributed by atoms with van der Waals surface area (Å²) in [4.78, 5) is 14.9. The molecule has 23 heavy (non-hydrogen) atoms. The van der Waals surface area contributed by atoms with Crippen molar-refractivity contribution in [1.82, 2.24) is 4.90 Å². The zero-order valence-corrected chi connectivity index (χ0v) is 14.8. The second-order valence-corrected chi connectivity index (χ2v) is 5.75. The summed E-state index contributed by atoms with van der Waals surface area (Å²) in [6, 6.07) is 15.8. The van der Waals surface area contributed by atoms with Gasteiger partial charge in [0, 0.05) is 23.8 Å². The fraction of sp³-hybridized carbons (Fsp3) is 0.316. The number of carbonyl (C=O) groups is 1. The van der Waals surface area contributed by atoms with E-state index in [0.717, 1.165) is 17.5 Å². The van der Waals surface area contributed by atoms with Crippen molar-refractivity contribution in [3.63, 3.8) is 0 Å². The SMILES string of the molecule is CCC(C)N(Cc1ccccc1)C(=O)c1cc(N)ccc1C.Cl. The van der Waals surface area contributed by atoms with Crippen molar-refractivity contribution < 1.29 is 4.79 Å². The first kappa shape index (κ1) is 19.0. The van der Waals surface area contributed by atoms with Crippen molar-refractivity contribution in [2.45, 2.75) is 39.8 Å². The van der Waals surface area contributed by atoms with Crippen LogP contribution in [0.2, 0.25) is 0 Å². The van der Waals surface area contributed by atoms with Crippen molar-refractivity contribution in [2.24, 2.45) is 0 Å². The predicted octanol–water partition coefficient (Wildman–Crippen LogP) is 4.44. The molecule has 2 aromatic rings. The van der Waals surface area contributed by atoms with Crippen LogP contribution in [0.4, 0.5) is 5.69 Å². The minimum Gasteiger partial charge on any atom is -0.399 e. The summed E-state index contributed by atoms with van der Waals surface area (Å²) in [7, 11) is 0. The Labute approximate surface area is 144 Å². The molecule has 0 aliphatic carbocycles. The van der Waals surface area contributed by atoms with Gasteiger partial charge in [-0.05, 0) is 43.5 Å². The Morgan fingerprint density at radius 1 is 1.17 bits per heavy atom. The summed E-state index contributed by atoms with van der Waals surface area (Å²) >= 11 is 0. The van der Waals surface area contributed by atoms with E-state index in [0.29, 0.717) is 17.8 Å². The first-order chi connectivity index (χ1) is 10.5. The van der Waals surface area contributed by atoms with Gasteiger partial charge >= 0.3 is 0 Å². The summed E-state index contributed by atoms with van der Waals surface area (Å²) in [5.41, 5.74) is 9.27. The molecule has 0 radical (unpaired) electrons. The number of amides is 1. The highest BCUT2D eigenvalue weighted by Crippen LogP contribution is 2.19. The van der Waals surface area contributed by atoms with Gasteiger partial charge in [-0.15, -0.1) is 12.4 Å². The van der Waals surface area contributed by atoms with E-state index < -0.39 is 0 Å². The van der Waals surface area contributed by atoms with Crippen LogP contribution in [0.25, 0.3) is 0 Å². The molecule has 0 aliphatic rings. The molecule has 2 rings (SSSR count). The lowest BCUT2D eigenvalue weighted by atomic mass is 10.0. The van der Waals surface area contributed by atoms with Crippen LogP contribution in [0.1, 0.15) is 41.8 Å². The van der Waals surface area contributed by atoms with Crippen molar-refractivity contribution in [2.75, 3.05) is 5.73 Å². The number of rotatable bonds is 5. The zero-order valence-electron chi connectivity index (χ0n) is 14.0. The Morgan fingerprint density at radius 2 is 1.83 bits per heavy atom. The zero-order chi connectivity index (χ0) is 16.1. The van der Waals surface area contributed by atoms with Gasteiger partial charge in [0.25, 0.3) is 5.91 Å². The van der Waals surface area contributed by atoms with Crippen LogP contribution in [-0.4, -0.2) is 16.8 Å². The number of hydrogen-bond acceptors (Lipinski definition) is 2. The summed E-state index contributed by atoms with van der Waals surface area (Å²) in [6.45, 7) is 6.75. The van der Waals surface area contributed by atoms with Crippen LogP contribution >= 0.6 is 12.4 Å².